The van der Waals surface area contributed by atoms with Gasteiger partial charge in [-0.1, -0.05) is 6.07 Å². The van der Waals surface area contributed by atoms with Crippen LogP contribution in [0.25, 0.3) is 0 Å². The Morgan fingerprint density at radius 2 is 2.08 bits per heavy atom. The van der Waals surface area contributed by atoms with Crippen molar-refractivity contribution in [1.29, 1.82) is 0 Å². The Bertz CT molecular complexity index is 278. The smallest absolute Gasteiger partial charge is 0.133 e. The molecule has 0 unspecified atom stereocenters. The van der Waals surface area contributed by atoms with Crippen LogP contribution in [0.2, 0.25) is 0 Å². The van der Waals surface area contributed by atoms with E-state index in [1.807, 2.05) is 25.1 Å². The van der Waals surface area contributed by atoms with Crippen LogP contribution in [0.1, 0.15) is 18.5 Å². The zero-order chi connectivity index (χ0) is 9.14. The predicted molar refractivity (Wildman–Crippen MR) is 60.5 cm³/mol. The second-order valence-electron chi connectivity index (χ2n) is 2.68. The molecule has 1 aromatic rings. The maximum absolute atomic E-state index is 5.71. The third-order valence-electron chi connectivity index (χ3n) is 1.70. The fourth-order valence-corrected chi connectivity index (χ4v) is 1.52. The molecule has 1 rings (SSSR count). The van der Waals surface area contributed by atoms with Crippen molar-refractivity contribution in [3.8, 4) is 5.75 Å². The molecule has 0 aliphatic rings. The van der Waals surface area contributed by atoms with Crippen LogP contribution in [0.3, 0.4) is 0 Å². The molecule has 74 valence electrons. The molecule has 2 N–H and O–H groups in total. The van der Waals surface area contributed by atoms with Gasteiger partial charge in [-0.25, -0.2) is 0 Å². The van der Waals surface area contributed by atoms with E-state index >= 15 is 0 Å². The van der Waals surface area contributed by atoms with Gasteiger partial charge in [-0.15, -0.1) is 12.4 Å². The van der Waals surface area contributed by atoms with Crippen molar-refractivity contribution in [3.63, 3.8) is 0 Å². The molecular formula is C9H13BrClNO. The second-order valence-corrected chi connectivity index (χ2v) is 3.54. The molecule has 2 nitrogen and oxygen atoms in total. The minimum absolute atomic E-state index is 0. The summed E-state index contributed by atoms with van der Waals surface area (Å²) in [6.07, 6.45) is 0. The SMILES string of the molecule is COc1ccc([C@@H](C)N)cc1Br.Cl. The molecular weight excluding hydrogens is 253 g/mol. The molecule has 4 heteroatoms. The fourth-order valence-electron chi connectivity index (χ4n) is 0.966. The predicted octanol–water partition coefficient (Wildman–Crippen LogP) is 2.90. The van der Waals surface area contributed by atoms with E-state index in [1.165, 1.54) is 0 Å². The molecule has 1 aromatic carbocycles. The van der Waals surface area contributed by atoms with E-state index in [0.29, 0.717) is 0 Å². The third-order valence-corrected chi connectivity index (χ3v) is 2.32. The first-order valence-electron chi connectivity index (χ1n) is 3.74. The van der Waals surface area contributed by atoms with Gasteiger partial charge >= 0.3 is 0 Å². The van der Waals surface area contributed by atoms with Crippen LogP contribution in [-0.4, -0.2) is 7.11 Å². The summed E-state index contributed by atoms with van der Waals surface area (Å²) in [5.74, 6) is 0.833. The second kappa shape index (κ2) is 5.47. The summed E-state index contributed by atoms with van der Waals surface area (Å²) in [4.78, 5) is 0. The van der Waals surface area contributed by atoms with Gasteiger partial charge in [0, 0.05) is 6.04 Å². The summed E-state index contributed by atoms with van der Waals surface area (Å²) >= 11 is 3.40. The van der Waals surface area contributed by atoms with Gasteiger partial charge in [-0.05, 0) is 40.5 Å². The molecule has 0 bridgehead atoms. The first-order chi connectivity index (χ1) is 5.65. The van der Waals surface area contributed by atoms with Crippen LogP contribution in [0.15, 0.2) is 22.7 Å². The third kappa shape index (κ3) is 3.18. The number of benzene rings is 1. The maximum atomic E-state index is 5.71. The summed E-state index contributed by atoms with van der Waals surface area (Å²) < 4.78 is 6.04. The molecule has 13 heavy (non-hydrogen) atoms. The van der Waals surface area contributed by atoms with Crippen LogP contribution in [0.4, 0.5) is 0 Å². The fraction of sp³-hybridized carbons (Fsp3) is 0.333. The number of methoxy groups -OCH3 is 1. The summed E-state index contributed by atoms with van der Waals surface area (Å²) in [5, 5.41) is 0. The molecule has 1 atom stereocenters. The summed E-state index contributed by atoms with van der Waals surface area (Å²) in [6, 6.07) is 5.91. The number of halogens is 2. The molecule has 0 amide bonds. The van der Waals surface area contributed by atoms with Gasteiger partial charge in [-0.3, -0.25) is 0 Å². The minimum atomic E-state index is 0. The van der Waals surface area contributed by atoms with Crippen molar-refractivity contribution in [2.45, 2.75) is 13.0 Å². The standard InChI is InChI=1S/C9H12BrNO.ClH/c1-6(11)7-3-4-9(12-2)8(10)5-7;/h3-6H,11H2,1-2H3;1H/t6-;/m1./s1. The Morgan fingerprint density at radius 3 is 2.46 bits per heavy atom. The number of nitrogens with two attached hydrogens (primary N) is 1. The van der Waals surface area contributed by atoms with Gasteiger partial charge in [0.15, 0.2) is 0 Å². The maximum Gasteiger partial charge on any atom is 0.133 e. The van der Waals surface area contributed by atoms with E-state index in [9.17, 15) is 0 Å². The Balaban J connectivity index is 0.00000144. The van der Waals surface area contributed by atoms with E-state index < -0.39 is 0 Å². The molecule has 0 radical (unpaired) electrons. The molecule has 0 spiro atoms. The topological polar surface area (TPSA) is 35.2 Å². The zero-order valence-electron chi connectivity index (χ0n) is 7.58. The average molecular weight is 267 g/mol. The van der Waals surface area contributed by atoms with Gasteiger partial charge in [0.25, 0.3) is 0 Å². The number of rotatable bonds is 2. The minimum Gasteiger partial charge on any atom is -0.496 e. The van der Waals surface area contributed by atoms with Gasteiger partial charge in [0.05, 0.1) is 11.6 Å². The largest absolute Gasteiger partial charge is 0.496 e. The van der Waals surface area contributed by atoms with Gasteiger partial charge in [0.1, 0.15) is 5.75 Å². The normalized spacial score (nSPS) is 11.7. The van der Waals surface area contributed by atoms with Crippen molar-refractivity contribution >= 4 is 28.3 Å². The number of hydrogen-bond donors (Lipinski definition) is 1. The zero-order valence-corrected chi connectivity index (χ0v) is 9.98. The first-order valence-corrected chi connectivity index (χ1v) is 4.53. The van der Waals surface area contributed by atoms with E-state index in [0.717, 1.165) is 15.8 Å². The van der Waals surface area contributed by atoms with Gasteiger partial charge in [0.2, 0.25) is 0 Å². The summed E-state index contributed by atoms with van der Waals surface area (Å²) in [6.45, 7) is 1.95. The lowest BCUT2D eigenvalue weighted by Crippen LogP contribution is -2.04. The first kappa shape index (κ1) is 12.8. The monoisotopic (exact) mass is 265 g/mol. The van der Waals surface area contributed by atoms with E-state index in [4.69, 9.17) is 10.5 Å². The van der Waals surface area contributed by atoms with Crippen molar-refractivity contribution in [1.82, 2.24) is 0 Å². The highest BCUT2D eigenvalue weighted by molar-refractivity contribution is 9.10. The average Bonchev–Trinajstić information content (AvgIpc) is 2.04. The van der Waals surface area contributed by atoms with E-state index in [2.05, 4.69) is 15.9 Å². The van der Waals surface area contributed by atoms with Crippen molar-refractivity contribution in [3.05, 3.63) is 28.2 Å². The summed E-state index contributed by atoms with van der Waals surface area (Å²) in [7, 11) is 1.64. The molecule has 0 saturated heterocycles. The number of hydrogen-bond acceptors (Lipinski definition) is 2. The van der Waals surface area contributed by atoms with E-state index in [1.54, 1.807) is 7.11 Å². The van der Waals surface area contributed by atoms with Crippen LogP contribution < -0.4 is 10.5 Å². The van der Waals surface area contributed by atoms with Crippen molar-refractivity contribution in [2.24, 2.45) is 5.73 Å². The lowest BCUT2D eigenvalue weighted by atomic mass is 10.1. The quantitative estimate of drug-likeness (QED) is 0.893. The highest BCUT2D eigenvalue weighted by Crippen LogP contribution is 2.27. The van der Waals surface area contributed by atoms with Crippen LogP contribution >= 0.6 is 28.3 Å². The van der Waals surface area contributed by atoms with Crippen molar-refractivity contribution < 1.29 is 4.74 Å². The van der Waals surface area contributed by atoms with Crippen molar-refractivity contribution in [2.75, 3.05) is 7.11 Å². The Hall–Kier alpha value is -0.250. The van der Waals surface area contributed by atoms with Crippen LogP contribution in [0, 0.1) is 0 Å². The lowest BCUT2D eigenvalue weighted by molar-refractivity contribution is 0.412. The van der Waals surface area contributed by atoms with Gasteiger partial charge in [-0.2, -0.15) is 0 Å². The van der Waals surface area contributed by atoms with Crippen LogP contribution in [0.5, 0.6) is 5.75 Å². The molecule has 0 heterocycles. The Morgan fingerprint density at radius 1 is 1.46 bits per heavy atom. The highest BCUT2D eigenvalue weighted by Gasteiger charge is 2.03. The van der Waals surface area contributed by atoms with Crippen LogP contribution in [-0.2, 0) is 0 Å². The Labute approximate surface area is 93.0 Å². The molecule has 0 fully saturated rings. The van der Waals surface area contributed by atoms with Gasteiger partial charge < -0.3 is 10.5 Å². The Kier molecular flexibility index (Phi) is 5.37. The molecule has 0 aromatic heterocycles. The van der Waals surface area contributed by atoms with E-state index in [-0.39, 0.29) is 18.4 Å². The molecule has 0 saturated carbocycles. The number of ether oxygens (including phenoxy) is 1. The lowest BCUT2D eigenvalue weighted by Gasteiger charge is -2.08. The summed E-state index contributed by atoms with van der Waals surface area (Å²) in [5.41, 5.74) is 6.81. The molecule has 0 aliphatic heterocycles. The highest BCUT2D eigenvalue weighted by atomic mass is 79.9. The molecule has 0 aliphatic carbocycles.